The number of rotatable bonds is 2. The highest BCUT2D eigenvalue weighted by molar-refractivity contribution is 8.01. The molecule has 2 N–H and O–H groups in total. The van der Waals surface area contributed by atoms with E-state index in [9.17, 15) is 4.21 Å². The molecule has 0 aliphatic rings. The topological polar surface area (TPSA) is 43.1 Å². The summed E-state index contributed by atoms with van der Waals surface area (Å²) in [4.78, 5) is 0. The summed E-state index contributed by atoms with van der Waals surface area (Å²) in [5.74, 6) is 3.30. The Bertz CT molecular complexity index is 365. The minimum absolute atomic E-state index is 0.972. The predicted molar refractivity (Wildman–Crippen MR) is 54.9 cm³/mol. The van der Waals surface area contributed by atoms with Crippen LogP contribution in [0.15, 0.2) is 35.7 Å². The van der Waals surface area contributed by atoms with Crippen LogP contribution in [0.3, 0.4) is 0 Å². The van der Waals surface area contributed by atoms with E-state index >= 15 is 0 Å². The second kappa shape index (κ2) is 3.56. The molecule has 0 saturated heterocycles. The summed E-state index contributed by atoms with van der Waals surface area (Å²) in [5, 5.41) is 6.63. The predicted octanol–water partition coefficient (Wildman–Crippen LogP) is 1.25. The van der Waals surface area contributed by atoms with Gasteiger partial charge in [0.25, 0.3) is 0 Å². The molecule has 1 aromatic rings. The van der Waals surface area contributed by atoms with E-state index in [2.05, 4.69) is 5.87 Å². The van der Waals surface area contributed by atoms with E-state index in [4.69, 9.17) is 5.14 Å². The first-order valence-corrected chi connectivity index (χ1v) is 5.31. The molecule has 64 valence electrons. The van der Waals surface area contributed by atoms with E-state index in [0.717, 1.165) is 5.56 Å². The molecule has 0 heterocycles. The first-order chi connectivity index (χ1) is 5.58. The van der Waals surface area contributed by atoms with Crippen LogP contribution < -0.4 is 5.14 Å². The van der Waals surface area contributed by atoms with Crippen LogP contribution in [0.4, 0.5) is 0 Å². The minimum atomic E-state index is -2.50. The molecule has 0 aromatic heterocycles. The maximum Gasteiger partial charge on any atom is 0.0439 e. The molecule has 0 radical (unpaired) electrons. The lowest BCUT2D eigenvalue weighted by Gasteiger charge is -1.92. The summed E-state index contributed by atoms with van der Waals surface area (Å²) in [6.07, 6.45) is 1.70. The Morgan fingerprint density at radius 2 is 1.92 bits per heavy atom. The molecular weight excluding hydrogens is 170 g/mol. The third-order valence-corrected chi connectivity index (χ3v) is 1.89. The van der Waals surface area contributed by atoms with Gasteiger partial charge < -0.3 is 0 Å². The molecule has 1 atom stereocenters. The molecule has 1 unspecified atom stereocenters. The SMILES string of the molecule is C=S(N)(=O)/C=C/c1ccccc1. The van der Waals surface area contributed by atoms with Gasteiger partial charge in [-0.25, -0.2) is 4.21 Å². The van der Waals surface area contributed by atoms with Crippen LogP contribution in [0.25, 0.3) is 6.08 Å². The standard InChI is InChI=1S/C9H11NOS/c1-12(10,11)8-7-9-5-3-2-4-6-9/h2-8H,1H2,(H2,10,11)/b8-7+. The Hall–Kier alpha value is -1.06. The van der Waals surface area contributed by atoms with Crippen molar-refractivity contribution in [2.45, 2.75) is 0 Å². The first-order valence-electron chi connectivity index (χ1n) is 3.46. The van der Waals surface area contributed by atoms with Crippen molar-refractivity contribution < 1.29 is 4.21 Å². The van der Waals surface area contributed by atoms with Crippen molar-refractivity contribution in [3.63, 3.8) is 0 Å². The third-order valence-electron chi connectivity index (χ3n) is 1.29. The van der Waals surface area contributed by atoms with Crippen LogP contribution in [-0.4, -0.2) is 10.1 Å². The lowest BCUT2D eigenvalue weighted by molar-refractivity contribution is 0.688. The van der Waals surface area contributed by atoms with Gasteiger partial charge in [-0.2, -0.15) is 0 Å². The van der Waals surface area contributed by atoms with E-state index < -0.39 is 9.71 Å². The summed E-state index contributed by atoms with van der Waals surface area (Å²) in [7, 11) is -2.50. The van der Waals surface area contributed by atoms with Crippen molar-refractivity contribution in [2.75, 3.05) is 0 Å². The zero-order valence-electron chi connectivity index (χ0n) is 6.64. The van der Waals surface area contributed by atoms with Crippen LogP contribution >= 0.6 is 0 Å². The van der Waals surface area contributed by atoms with Crippen molar-refractivity contribution in [3.05, 3.63) is 41.3 Å². The van der Waals surface area contributed by atoms with E-state index in [1.807, 2.05) is 30.3 Å². The quantitative estimate of drug-likeness (QED) is 0.685. The van der Waals surface area contributed by atoms with E-state index in [1.165, 1.54) is 5.41 Å². The van der Waals surface area contributed by atoms with Crippen LogP contribution in [-0.2, 0) is 9.71 Å². The number of nitrogens with two attached hydrogens (primary N) is 1. The summed E-state index contributed by atoms with van der Waals surface area (Å²) in [6, 6.07) is 9.53. The van der Waals surface area contributed by atoms with Gasteiger partial charge in [0.05, 0.1) is 0 Å². The molecule has 12 heavy (non-hydrogen) atoms. The van der Waals surface area contributed by atoms with Gasteiger partial charge in [0.15, 0.2) is 0 Å². The van der Waals surface area contributed by atoms with Crippen LogP contribution in [0.5, 0.6) is 0 Å². The highest BCUT2D eigenvalue weighted by Crippen LogP contribution is 2.01. The molecule has 3 heteroatoms. The number of benzene rings is 1. The van der Waals surface area contributed by atoms with Crippen molar-refractivity contribution in [3.8, 4) is 0 Å². The van der Waals surface area contributed by atoms with E-state index in [-0.39, 0.29) is 0 Å². The molecule has 0 spiro atoms. The molecule has 2 nitrogen and oxygen atoms in total. The van der Waals surface area contributed by atoms with Crippen LogP contribution in [0.2, 0.25) is 0 Å². The number of hydrogen-bond donors (Lipinski definition) is 1. The molecule has 0 aliphatic heterocycles. The maximum absolute atomic E-state index is 10.9. The smallest absolute Gasteiger partial charge is 0.0439 e. The number of hydrogen-bond acceptors (Lipinski definition) is 1. The van der Waals surface area contributed by atoms with Gasteiger partial charge in [0.1, 0.15) is 0 Å². The molecule has 0 aliphatic carbocycles. The summed E-state index contributed by atoms with van der Waals surface area (Å²) < 4.78 is 10.9. The Morgan fingerprint density at radius 1 is 1.33 bits per heavy atom. The highest BCUT2D eigenvalue weighted by Gasteiger charge is 1.86. The third kappa shape index (κ3) is 3.37. The average molecular weight is 181 g/mol. The normalized spacial score (nSPS) is 16.1. The highest BCUT2D eigenvalue weighted by atomic mass is 32.2. The molecule has 1 aromatic carbocycles. The Kier molecular flexibility index (Phi) is 2.68. The molecule has 0 amide bonds. The fourth-order valence-electron chi connectivity index (χ4n) is 0.758. The van der Waals surface area contributed by atoms with Gasteiger partial charge in [-0.3, -0.25) is 5.14 Å². The summed E-state index contributed by atoms with van der Waals surface area (Å²) in [5.41, 5.74) is 0.972. The van der Waals surface area contributed by atoms with Crippen molar-refractivity contribution >= 4 is 21.7 Å². The second-order valence-corrected chi connectivity index (χ2v) is 4.32. The van der Waals surface area contributed by atoms with E-state index in [0.29, 0.717) is 0 Å². The van der Waals surface area contributed by atoms with Crippen molar-refractivity contribution in [1.82, 2.24) is 0 Å². The van der Waals surface area contributed by atoms with Gasteiger partial charge in [0.2, 0.25) is 0 Å². The van der Waals surface area contributed by atoms with Gasteiger partial charge in [-0.1, -0.05) is 30.3 Å². The van der Waals surface area contributed by atoms with Crippen LogP contribution in [0.1, 0.15) is 5.56 Å². The maximum atomic E-state index is 10.9. The van der Waals surface area contributed by atoms with E-state index in [1.54, 1.807) is 6.08 Å². The summed E-state index contributed by atoms with van der Waals surface area (Å²) >= 11 is 0. The summed E-state index contributed by atoms with van der Waals surface area (Å²) in [6.45, 7) is 0. The molecular formula is C9H11NOS. The monoisotopic (exact) mass is 181 g/mol. The Balaban J connectivity index is 2.85. The van der Waals surface area contributed by atoms with Crippen molar-refractivity contribution in [2.24, 2.45) is 5.14 Å². The first kappa shape index (κ1) is 9.03. The minimum Gasteiger partial charge on any atom is -0.256 e. The van der Waals surface area contributed by atoms with Gasteiger partial charge >= 0.3 is 0 Å². The largest absolute Gasteiger partial charge is 0.256 e. The molecule has 0 fully saturated rings. The van der Waals surface area contributed by atoms with Crippen LogP contribution in [0, 0.1) is 0 Å². The molecule has 0 saturated carbocycles. The fraction of sp³-hybridized carbons (Fsp3) is 0. The zero-order valence-corrected chi connectivity index (χ0v) is 7.46. The zero-order chi connectivity index (χ0) is 9.03. The Morgan fingerprint density at radius 3 is 2.42 bits per heavy atom. The van der Waals surface area contributed by atoms with Gasteiger partial charge in [0, 0.05) is 15.1 Å². The van der Waals surface area contributed by atoms with Gasteiger partial charge in [-0.15, -0.1) is 0 Å². The van der Waals surface area contributed by atoms with Gasteiger partial charge in [-0.05, 0) is 17.5 Å². The molecule has 0 bridgehead atoms. The second-order valence-electron chi connectivity index (χ2n) is 2.49. The lowest BCUT2D eigenvalue weighted by atomic mass is 10.2. The van der Waals surface area contributed by atoms with Crippen molar-refractivity contribution in [1.29, 1.82) is 0 Å². The Labute approximate surface area is 72.9 Å². The fourth-order valence-corrected chi connectivity index (χ4v) is 1.15. The molecule has 1 rings (SSSR count). The average Bonchev–Trinajstić information content (AvgIpc) is 2.02. The lowest BCUT2D eigenvalue weighted by Crippen LogP contribution is -2.06.